The van der Waals surface area contributed by atoms with E-state index in [9.17, 15) is 9.70 Å². The number of nitrogens with zero attached hydrogens (tertiary/aromatic N) is 1. The molecule has 0 bridgehead atoms. The third-order valence-electron chi connectivity index (χ3n) is 5.84. The minimum absolute atomic E-state index is 0.0293. The standard InChI is InChI=1S/C29H25Cl2N3O5/c30-24-13-21(15-32)27(38-16-18-7-8-26(34-36)25(33)11-18)14-28(24)39-17-20-4-2-6-23(29(20)31)19-3-1-5-22(12-19)37-10-9-35/h1-9,11-14H,10,15-17,32-33H2. The summed E-state index contributed by atoms with van der Waals surface area (Å²) in [6, 6.07) is 21.2. The summed E-state index contributed by atoms with van der Waals surface area (Å²) in [6.45, 7) is 0.500. The van der Waals surface area contributed by atoms with Gasteiger partial charge in [-0.1, -0.05) is 59.6 Å². The molecule has 39 heavy (non-hydrogen) atoms. The van der Waals surface area contributed by atoms with Gasteiger partial charge in [0.25, 0.3) is 0 Å². The highest BCUT2D eigenvalue weighted by Crippen LogP contribution is 2.36. The fourth-order valence-electron chi connectivity index (χ4n) is 3.87. The van der Waals surface area contributed by atoms with Gasteiger partial charge in [-0.3, -0.25) is 4.79 Å². The van der Waals surface area contributed by atoms with Crippen molar-refractivity contribution in [3.63, 3.8) is 0 Å². The zero-order valence-electron chi connectivity index (χ0n) is 20.7. The Morgan fingerprint density at radius 3 is 2.38 bits per heavy atom. The fraction of sp³-hybridized carbons (Fsp3) is 0.138. The second-order valence-electron chi connectivity index (χ2n) is 8.44. The lowest BCUT2D eigenvalue weighted by molar-refractivity contribution is -0.109. The quantitative estimate of drug-likeness (QED) is 0.109. The maximum Gasteiger partial charge on any atom is 0.157 e. The molecule has 4 N–H and O–H groups in total. The average molecular weight is 566 g/mol. The molecule has 0 spiro atoms. The zero-order chi connectivity index (χ0) is 27.8. The maximum atomic E-state index is 10.8. The van der Waals surface area contributed by atoms with Crippen LogP contribution in [0.3, 0.4) is 0 Å². The molecule has 0 radical (unpaired) electrons. The molecule has 10 heteroatoms. The van der Waals surface area contributed by atoms with E-state index in [1.165, 1.54) is 6.07 Å². The minimum atomic E-state index is -0.0293. The van der Waals surface area contributed by atoms with Gasteiger partial charge in [-0.15, -0.1) is 4.91 Å². The van der Waals surface area contributed by atoms with Crippen LogP contribution in [-0.4, -0.2) is 12.9 Å². The van der Waals surface area contributed by atoms with Crippen LogP contribution in [0.25, 0.3) is 11.1 Å². The normalized spacial score (nSPS) is 10.6. The van der Waals surface area contributed by atoms with E-state index in [2.05, 4.69) is 5.18 Å². The number of halogens is 2. The minimum Gasteiger partial charge on any atom is -0.488 e. The number of aldehydes is 1. The van der Waals surface area contributed by atoms with Crippen molar-refractivity contribution in [2.24, 2.45) is 10.9 Å². The summed E-state index contributed by atoms with van der Waals surface area (Å²) in [6.07, 6.45) is 0.693. The van der Waals surface area contributed by atoms with Gasteiger partial charge in [-0.2, -0.15) is 0 Å². The van der Waals surface area contributed by atoms with Crippen LogP contribution in [0.1, 0.15) is 16.7 Å². The van der Waals surface area contributed by atoms with Crippen LogP contribution in [0.15, 0.2) is 78.0 Å². The number of ether oxygens (including phenoxy) is 3. The van der Waals surface area contributed by atoms with Gasteiger partial charge in [0.2, 0.25) is 0 Å². The zero-order valence-corrected chi connectivity index (χ0v) is 22.2. The molecule has 8 nitrogen and oxygen atoms in total. The smallest absolute Gasteiger partial charge is 0.157 e. The van der Waals surface area contributed by atoms with Gasteiger partial charge in [0, 0.05) is 29.3 Å². The Hall–Kier alpha value is -4.11. The van der Waals surface area contributed by atoms with Gasteiger partial charge >= 0.3 is 0 Å². The predicted molar refractivity (Wildman–Crippen MR) is 153 cm³/mol. The molecule has 4 aromatic carbocycles. The average Bonchev–Trinajstić information content (AvgIpc) is 2.95. The summed E-state index contributed by atoms with van der Waals surface area (Å²) in [5.74, 6) is 1.46. The van der Waals surface area contributed by atoms with Crippen LogP contribution in [0, 0.1) is 4.91 Å². The molecule has 0 atom stereocenters. The highest BCUT2D eigenvalue weighted by molar-refractivity contribution is 6.34. The maximum absolute atomic E-state index is 10.8. The number of nitrogen functional groups attached to an aromatic ring is 1. The van der Waals surface area contributed by atoms with Crippen molar-refractivity contribution in [2.75, 3.05) is 12.3 Å². The first kappa shape index (κ1) is 27.9. The Morgan fingerprint density at radius 1 is 0.846 bits per heavy atom. The first-order valence-corrected chi connectivity index (χ1v) is 12.6. The van der Waals surface area contributed by atoms with Crippen molar-refractivity contribution in [1.29, 1.82) is 0 Å². The Morgan fingerprint density at radius 2 is 1.64 bits per heavy atom. The van der Waals surface area contributed by atoms with E-state index in [1.54, 1.807) is 30.3 Å². The van der Waals surface area contributed by atoms with Gasteiger partial charge in [-0.05, 0) is 46.6 Å². The van der Waals surface area contributed by atoms with Crippen molar-refractivity contribution < 1.29 is 19.0 Å². The molecule has 0 heterocycles. The first-order chi connectivity index (χ1) is 18.9. The van der Waals surface area contributed by atoms with Crippen LogP contribution in [0.5, 0.6) is 17.2 Å². The number of hydrogen-bond acceptors (Lipinski definition) is 8. The van der Waals surface area contributed by atoms with Crippen LogP contribution < -0.4 is 25.7 Å². The molecule has 0 aliphatic heterocycles. The lowest BCUT2D eigenvalue weighted by Gasteiger charge is -2.16. The van der Waals surface area contributed by atoms with Crippen molar-refractivity contribution in [3.8, 4) is 28.4 Å². The first-order valence-electron chi connectivity index (χ1n) is 11.9. The largest absolute Gasteiger partial charge is 0.488 e. The lowest BCUT2D eigenvalue weighted by atomic mass is 10.0. The summed E-state index contributed by atoms with van der Waals surface area (Å²) in [7, 11) is 0. The van der Waals surface area contributed by atoms with Crippen molar-refractivity contribution in [1.82, 2.24) is 0 Å². The monoisotopic (exact) mass is 565 g/mol. The van der Waals surface area contributed by atoms with E-state index in [4.69, 9.17) is 48.9 Å². The van der Waals surface area contributed by atoms with Crippen LogP contribution in [-0.2, 0) is 24.6 Å². The van der Waals surface area contributed by atoms with Crippen LogP contribution in [0.4, 0.5) is 11.4 Å². The molecular formula is C29H25Cl2N3O5. The predicted octanol–water partition coefficient (Wildman–Crippen LogP) is 6.83. The Labute approximate surface area is 235 Å². The number of hydrogen-bond donors (Lipinski definition) is 2. The molecule has 4 aromatic rings. The molecule has 0 saturated heterocycles. The number of nitrogens with two attached hydrogens (primary N) is 2. The van der Waals surface area contributed by atoms with Crippen molar-refractivity contribution in [3.05, 3.63) is 104 Å². The molecule has 0 amide bonds. The highest BCUT2D eigenvalue weighted by Gasteiger charge is 2.14. The number of anilines is 1. The van der Waals surface area contributed by atoms with Crippen LogP contribution >= 0.6 is 23.2 Å². The molecular weight excluding hydrogens is 541 g/mol. The van der Waals surface area contributed by atoms with Gasteiger partial charge in [0.15, 0.2) is 6.29 Å². The lowest BCUT2D eigenvalue weighted by Crippen LogP contribution is -2.05. The molecule has 0 aliphatic carbocycles. The topological polar surface area (TPSA) is 126 Å². The summed E-state index contributed by atoms with van der Waals surface area (Å²) in [5.41, 5.74) is 16.0. The number of nitroso groups, excluding NO2 is 1. The van der Waals surface area contributed by atoms with Gasteiger partial charge in [0.1, 0.15) is 42.8 Å². The summed E-state index contributed by atoms with van der Waals surface area (Å²) >= 11 is 13.2. The molecule has 4 rings (SSSR count). The van der Waals surface area contributed by atoms with Gasteiger partial charge in [0.05, 0.1) is 15.7 Å². The number of rotatable bonds is 12. The molecule has 200 valence electrons. The third-order valence-corrected chi connectivity index (χ3v) is 6.59. The molecule has 0 unspecified atom stereocenters. The molecule has 0 aliphatic rings. The SMILES string of the molecule is NCc1cc(Cl)c(OCc2cccc(-c3cccc(OCC=O)c3)c2Cl)cc1OCc1ccc(N=O)c(N)c1. The second-order valence-corrected chi connectivity index (χ2v) is 9.23. The fourth-order valence-corrected chi connectivity index (χ4v) is 4.40. The number of carbonyl (C=O) groups is 1. The van der Waals surface area contributed by atoms with Gasteiger partial charge in [-0.25, -0.2) is 0 Å². The van der Waals surface area contributed by atoms with Crippen molar-refractivity contribution >= 4 is 40.9 Å². The Kier molecular flexibility index (Phi) is 9.38. The van der Waals surface area contributed by atoms with E-state index >= 15 is 0 Å². The molecule has 0 saturated carbocycles. The van der Waals surface area contributed by atoms with E-state index < -0.39 is 0 Å². The third kappa shape index (κ3) is 6.86. The van der Waals surface area contributed by atoms with E-state index in [0.29, 0.717) is 39.1 Å². The summed E-state index contributed by atoms with van der Waals surface area (Å²) < 4.78 is 17.4. The Balaban J connectivity index is 1.52. The summed E-state index contributed by atoms with van der Waals surface area (Å²) in [4.78, 5) is 21.4. The van der Waals surface area contributed by atoms with E-state index in [0.717, 1.165) is 22.3 Å². The van der Waals surface area contributed by atoms with E-state index in [1.807, 2.05) is 36.4 Å². The van der Waals surface area contributed by atoms with Crippen molar-refractivity contribution in [2.45, 2.75) is 19.8 Å². The van der Waals surface area contributed by atoms with Gasteiger partial charge < -0.3 is 25.7 Å². The Bertz CT molecular complexity index is 1500. The number of carbonyl (C=O) groups excluding carboxylic acids is 1. The molecule has 0 fully saturated rings. The molecule has 0 aromatic heterocycles. The van der Waals surface area contributed by atoms with E-state index in [-0.39, 0.29) is 37.7 Å². The van der Waals surface area contributed by atoms with Crippen LogP contribution in [0.2, 0.25) is 10.0 Å². The second kappa shape index (κ2) is 13.1. The summed E-state index contributed by atoms with van der Waals surface area (Å²) in [5, 5.41) is 3.77. The highest BCUT2D eigenvalue weighted by atomic mass is 35.5. The number of benzene rings is 4.